The van der Waals surface area contributed by atoms with Crippen molar-refractivity contribution in [3.8, 4) is 0 Å². The second kappa shape index (κ2) is 6.35. The van der Waals surface area contributed by atoms with E-state index in [0.717, 1.165) is 32.8 Å². The molecule has 0 aromatic carbocycles. The standard InChI is InChI=1S/C10H22N2O2/c1-9(11-7-10(2)13)8-12-3-5-14-6-4-12/h9-11,13H,3-8H2,1-2H3/t9?,10-/m0/s1. The third-order valence-corrected chi connectivity index (χ3v) is 2.40. The van der Waals surface area contributed by atoms with Crippen LogP contribution in [0.5, 0.6) is 0 Å². The van der Waals surface area contributed by atoms with E-state index in [2.05, 4.69) is 17.1 Å². The molecule has 84 valence electrons. The Balaban J connectivity index is 2.09. The first-order chi connectivity index (χ1) is 6.68. The van der Waals surface area contributed by atoms with Gasteiger partial charge < -0.3 is 15.2 Å². The SMILES string of the molecule is CC(CN1CCOCC1)NC[C@H](C)O. The highest BCUT2D eigenvalue weighted by Gasteiger charge is 2.13. The molecule has 1 aliphatic rings. The van der Waals surface area contributed by atoms with Gasteiger partial charge in [-0.15, -0.1) is 0 Å². The van der Waals surface area contributed by atoms with E-state index in [-0.39, 0.29) is 6.10 Å². The number of aliphatic hydroxyl groups is 1. The van der Waals surface area contributed by atoms with Crippen molar-refractivity contribution in [3.05, 3.63) is 0 Å². The minimum atomic E-state index is -0.262. The number of hydrogen-bond donors (Lipinski definition) is 2. The molecule has 2 atom stereocenters. The Hall–Kier alpha value is -0.160. The van der Waals surface area contributed by atoms with Gasteiger partial charge in [0.15, 0.2) is 0 Å². The molecule has 0 aliphatic carbocycles. The van der Waals surface area contributed by atoms with Crippen molar-refractivity contribution in [1.82, 2.24) is 10.2 Å². The first kappa shape index (κ1) is 11.9. The fourth-order valence-corrected chi connectivity index (χ4v) is 1.61. The van der Waals surface area contributed by atoms with Gasteiger partial charge in [0, 0.05) is 32.2 Å². The van der Waals surface area contributed by atoms with Gasteiger partial charge in [-0.25, -0.2) is 0 Å². The van der Waals surface area contributed by atoms with Crippen molar-refractivity contribution in [1.29, 1.82) is 0 Å². The summed E-state index contributed by atoms with van der Waals surface area (Å²) in [5, 5.41) is 12.4. The largest absolute Gasteiger partial charge is 0.392 e. The highest BCUT2D eigenvalue weighted by Crippen LogP contribution is 1.98. The number of rotatable bonds is 5. The van der Waals surface area contributed by atoms with Crippen LogP contribution in [0.15, 0.2) is 0 Å². The van der Waals surface area contributed by atoms with E-state index in [4.69, 9.17) is 9.84 Å². The molecule has 1 saturated heterocycles. The number of aliphatic hydroxyl groups excluding tert-OH is 1. The van der Waals surface area contributed by atoms with Crippen LogP contribution in [-0.4, -0.2) is 61.5 Å². The van der Waals surface area contributed by atoms with Gasteiger partial charge in [-0.2, -0.15) is 0 Å². The first-order valence-corrected chi connectivity index (χ1v) is 5.40. The van der Waals surface area contributed by atoms with E-state index in [9.17, 15) is 0 Å². The fourth-order valence-electron chi connectivity index (χ4n) is 1.61. The Bertz CT molecular complexity index is 147. The number of ether oxygens (including phenoxy) is 1. The summed E-state index contributed by atoms with van der Waals surface area (Å²) >= 11 is 0. The second-order valence-electron chi connectivity index (χ2n) is 4.07. The lowest BCUT2D eigenvalue weighted by Gasteiger charge is -2.29. The predicted molar refractivity (Wildman–Crippen MR) is 56.4 cm³/mol. The lowest BCUT2D eigenvalue weighted by Crippen LogP contribution is -2.45. The summed E-state index contributed by atoms with van der Waals surface area (Å²) < 4.78 is 5.28. The van der Waals surface area contributed by atoms with Crippen molar-refractivity contribution in [2.75, 3.05) is 39.4 Å². The van der Waals surface area contributed by atoms with E-state index in [1.165, 1.54) is 0 Å². The second-order valence-corrected chi connectivity index (χ2v) is 4.07. The van der Waals surface area contributed by atoms with Gasteiger partial charge in [0.25, 0.3) is 0 Å². The van der Waals surface area contributed by atoms with Crippen LogP contribution in [0.25, 0.3) is 0 Å². The van der Waals surface area contributed by atoms with Crippen LogP contribution in [0.3, 0.4) is 0 Å². The van der Waals surface area contributed by atoms with Crippen LogP contribution >= 0.6 is 0 Å². The highest BCUT2D eigenvalue weighted by molar-refractivity contribution is 4.70. The molecule has 0 aromatic rings. The molecule has 14 heavy (non-hydrogen) atoms. The molecule has 1 aliphatic heterocycles. The summed E-state index contributed by atoms with van der Waals surface area (Å²) in [5.74, 6) is 0. The number of morpholine rings is 1. The molecule has 1 rings (SSSR count). The summed E-state index contributed by atoms with van der Waals surface area (Å²) in [5.41, 5.74) is 0. The summed E-state index contributed by atoms with van der Waals surface area (Å²) in [6.07, 6.45) is -0.262. The molecule has 4 heteroatoms. The lowest BCUT2D eigenvalue weighted by atomic mass is 10.2. The summed E-state index contributed by atoms with van der Waals surface area (Å²) in [6.45, 7) is 9.42. The van der Waals surface area contributed by atoms with Gasteiger partial charge in [0.1, 0.15) is 0 Å². The first-order valence-electron chi connectivity index (χ1n) is 5.40. The quantitative estimate of drug-likeness (QED) is 0.641. The van der Waals surface area contributed by atoms with E-state index in [0.29, 0.717) is 12.6 Å². The molecular formula is C10H22N2O2. The van der Waals surface area contributed by atoms with E-state index < -0.39 is 0 Å². The van der Waals surface area contributed by atoms with E-state index in [1.807, 2.05) is 0 Å². The Labute approximate surface area is 86.2 Å². The summed E-state index contributed by atoms with van der Waals surface area (Å²) in [4.78, 5) is 2.39. The fraction of sp³-hybridized carbons (Fsp3) is 1.00. The van der Waals surface area contributed by atoms with Crippen molar-refractivity contribution >= 4 is 0 Å². The zero-order valence-electron chi connectivity index (χ0n) is 9.20. The number of nitrogens with zero attached hydrogens (tertiary/aromatic N) is 1. The number of hydrogen-bond acceptors (Lipinski definition) is 4. The summed E-state index contributed by atoms with van der Waals surface area (Å²) in [7, 11) is 0. The summed E-state index contributed by atoms with van der Waals surface area (Å²) in [6, 6.07) is 0.433. The molecule has 0 aromatic heterocycles. The van der Waals surface area contributed by atoms with Crippen molar-refractivity contribution in [3.63, 3.8) is 0 Å². The smallest absolute Gasteiger partial charge is 0.0636 e. The maximum Gasteiger partial charge on any atom is 0.0636 e. The Morgan fingerprint density at radius 3 is 2.57 bits per heavy atom. The molecule has 1 unspecified atom stereocenters. The zero-order valence-corrected chi connectivity index (χ0v) is 9.20. The van der Waals surface area contributed by atoms with Gasteiger partial charge in [-0.3, -0.25) is 4.90 Å². The molecule has 1 fully saturated rings. The average Bonchev–Trinajstić information content (AvgIpc) is 2.16. The van der Waals surface area contributed by atoms with Crippen molar-refractivity contribution < 1.29 is 9.84 Å². The highest BCUT2D eigenvalue weighted by atomic mass is 16.5. The predicted octanol–water partition coefficient (Wildman–Crippen LogP) is -0.322. The molecule has 0 amide bonds. The van der Waals surface area contributed by atoms with Gasteiger partial charge in [0.05, 0.1) is 19.3 Å². The Morgan fingerprint density at radius 2 is 2.00 bits per heavy atom. The Morgan fingerprint density at radius 1 is 1.36 bits per heavy atom. The van der Waals surface area contributed by atoms with Gasteiger partial charge in [-0.05, 0) is 13.8 Å². The molecule has 1 heterocycles. The van der Waals surface area contributed by atoms with Crippen LogP contribution < -0.4 is 5.32 Å². The van der Waals surface area contributed by atoms with Gasteiger partial charge >= 0.3 is 0 Å². The van der Waals surface area contributed by atoms with Gasteiger partial charge in [0.2, 0.25) is 0 Å². The monoisotopic (exact) mass is 202 g/mol. The van der Waals surface area contributed by atoms with E-state index >= 15 is 0 Å². The molecule has 4 nitrogen and oxygen atoms in total. The lowest BCUT2D eigenvalue weighted by molar-refractivity contribution is 0.0338. The average molecular weight is 202 g/mol. The third kappa shape index (κ3) is 4.91. The minimum absolute atomic E-state index is 0.262. The van der Waals surface area contributed by atoms with Crippen molar-refractivity contribution in [2.24, 2.45) is 0 Å². The van der Waals surface area contributed by atoms with Crippen molar-refractivity contribution in [2.45, 2.75) is 26.0 Å². The maximum atomic E-state index is 9.11. The molecule has 0 saturated carbocycles. The van der Waals surface area contributed by atoms with Crippen LogP contribution in [0.4, 0.5) is 0 Å². The number of nitrogens with one attached hydrogen (secondary N) is 1. The molecule has 0 spiro atoms. The normalized spacial score (nSPS) is 23.4. The van der Waals surface area contributed by atoms with Gasteiger partial charge in [-0.1, -0.05) is 0 Å². The topological polar surface area (TPSA) is 44.7 Å². The molecule has 0 bridgehead atoms. The maximum absolute atomic E-state index is 9.11. The van der Waals surface area contributed by atoms with Crippen LogP contribution in [-0.2, 0) is 4.74 Å². The minimum Gasteiger partial charge on any atom is -0.392 e. The van der Waals surface area contributed by atoms with Crippen LogP contribution in [0.1, 0.15) is 13.8 Å². The Kier molecular flexibility index (Phi) is 5.40. The van der Waals surface area contributed by atoms with Crippen LogP contribution in [0, 0.1) is 0 Å². The third-order valence-electron chi connectivity index (χ3n) is 2.40. The van der Waals surface area contributed by atoms with E-state index in [1.54, 1.807) is 6.92 Å². The zero-order chi connectivity index (χ0) is 10.4. The molecular weight excluding hydrogens is 180 g/mol. The molecule has 2 N–H and O–H groups in total. The van der Waals surface area contributed by atoms with Crippen LogP contribution in [0.2, 0.25) is 0 Å². The molecule has 0 radical (unpaired) electrons.